The van der Waals surface area contributed by atoms with E-state index >= 15 is 0 Å². The number of allylic oxidation sites excluding steroid dienone is 5. The Morgan fingerprint density at radius 2 is 0.617 bits per heavy atom. The summed E-state index contributed by atoms with van der Waals surface area (Å²) in [6.45, 7) is 4.94. The molecule has 0 aliphatic heterocycles. The maximum absolute atomic E-state index is 12.5. The van der Waals surface area contributed by atoms with E-state index in [4.69, 9.17) is 4.74 Å². The molecule has 3 N–H and O–H groups in total. The van der Waals surface area contributed by atoms with Crippen LogP contribution in [0.5, 0.6) is 0 Å². The van der Waals surface area contributed by atoms with Crippen LogP contribution < -0.4 is 5.32 Å². The highest BCUT2D eigenvalue weighted by Crippen LogP contribution is 2.19. The lowest BCUT2D eigenvalue weighted by molar-refractivity contribution is -0.143. The van der Waals surface area contributed by atoms with Crippen molar-refractivity contribution >= 4 is 11.9 Å². The van der Waals surface area contributed by atoms with Gasteiger partial charge in [0.2, 0.25) is 5.91 Å². The van der Waals surface area contributed by atoms with Crippen molar-refractivity contribution in [1.82, 2.24) is 5.32 Å². The van der Waals surface area contributed by atoms with E-state index in [1.54, 1.807) is 6.08 Å². The van der Waals surface area contributed by atoms with Crippen LogP contribution in [-0.4, -0.2) is 47.4 Å². The van der Waals surface area contributed by atoms with Gasteiger partial charge >= 0.3 is 5.97 Å². The van der Waals surface area contributed by atoms with Gasteiger partial charge in [-0.3, -0.25) is 9.59 Å². The number of hydrogen-bond acceptors (Lipinski definition) is 5. The summed E-state index contributed by atoms with van der Waals surface area (Å²) >= 11 is 0. The molecular formula is C75H143NO5. The molecule has 2 atom stereocenters. The summed E-state index contributed by atoms with van der Waals surface area (Å²) in [5.41, 5.74) is 0. The fourth-order valence-electron chi connectivity index (χ4n) is 11.6. The number of aliphatic hydroxyl groups excluding tert-OH is 2. The Labute approximate surface area is 506 Å². The van der Waals surface area contributed by atoms with Crippen LogP contribution >= 0.6 is 0 Å². The lowest BCUT2D eigenvalue weighted by atomic mass is 10.0. The number of carbonyl (C=O) groups excluding carboxylic acids is 2. The van der Waals surface area contributed by atoms with Crippen LogP contribution in [0.1, 0.15) is 406 Å². The van der Waals surface area contributed by atoms with Crippen LogP contribution in [0.15, 0.2) is 36.5 Å². The van der Waals surface area contributed by atoms with Gasteiger partial charge < -0.3 is 20.3 Å². The average Bonchev–Trinajstić information content (AvgIpc) is 3.47. The molecule has 0 rings (SSSR count). The predicted octanol–water partition coefficient (Wildman–Crippen LogP) is 23.9. The summed E-state index contributed by atoms with van der Waals surface area (Å²) in [5, 5.41) is 23.2. The molecule has 6 heteroatoms. The van der Waals surface area contributed by atoms with E-state index in [2.05, 4.69) is 43.5 Å². The molecular weight excluding hydrogens is 995 g/mol. The Bertz CT molecular complexity index is 1310. The number of amides is 1. The van der Waals surface area contributed by atoms with E-state index in [9.17, 15) is 19.8 Å². The van der Waals surface area contributed by atoms with Crippen LogP contribution in [0.3, 0.4) is 0 Å². The van der Waals surface area contributed by atoms with Crippen molar-refractivity contribution in [2.45, 2.75) is 418 Å². The van der Waals surface area contributed by atoms with Crippen molar-refractivity contribution in [1.29, 1.82) is 0 Å². The molecule has 0 heterocycles. The fourth-order valence-corrected chi connectivity index (χ4v) is 11.6. The Balaban J connectivity index is 3.39. The molecule has 0 aliphatic carbocycles. The number of hydrogen-bond donors (Lipinski definition) is 3. The smallest absolute Gasteiger partial charge is 0.305 e. The van der Waals surface area contributed by atoms with Gasteiger partial charge in [-0.05, 0) is 64.2 Å². The minimum absolute atomic E-state index is 0.0176. The van der Waals surface area contributed by atoms with Crippen molar-refractivity contribution in [2.75, 3.05) is 13.2 Å². The first-order valence-electron chi connectivity index (χ1n) is 36.8. The standard InChI is InChI=1S/C75H143NO5/c1-3-5-7-9-11-13-15-17-18-38-41-44-47-51-55-59-63-67-73(78)72(71-77)76-74(79)68-64-60-56-52-48-45-42-39-36-34-32-30-28-26-24-22-20-19-21-23-25-27-29-31-33-35-37-40-43-46-50-54-58-62-66-70-81-75(80)69-65-61-57-53-49-16-14-12-10-8-6-4-2/h21,23,27,29,63,67,72-73,77-78H,3-20,22,24-26,28,30-62,64-66,68-71H2,1-2H3,(H,76,79)/b23-21-,29-27-,67-63+. The lowest BCUT2D eigenvalue weighted by Gasteiger charge is -2.20. The molecule has 0 aliphatic rings. The van der Waals surface area contributed by atoms with Crippen LogP contribution in [0, 0.1) is 0 Å². The van der Waals surface area contributed by atoms with E-state index in [0.29, 0.717) is 19.4 Å². The van der Waals surface area contributed by atoms with E-state index in [-0.39, 0.29) is 18.5 Å². The van der Waals surface area contributed by atoms with Gasteiger partial charge in [-0.15, -0.1) is 0 Å². The SMILES string of the molecule is CCCCCCCCCCCCCCCCC/C=C/C(O)C(CO)NC(=O)CCCCCCCCCCCCCCCCCCC/C=C\C/C=C\CCCCCCCCCCCCCOC(=O)CCCCCCCCCCCCCC. The maximum atomic E-state index is 12.5. The number of nitrogens with one attached hydrogen (secondary N) is 1. The summed E-state index contributed by atoms with van der Waals surface area (Å²) in [6, 6.07) is -0.626. The molecule has 0 fully saturated rings. The third-order valence-electron chi connectivity index (χ3n) is 17.2. The summed E-state index contributed by atoms with van der Waals surface area (Å²) in [6.07, 6.45) is 91.0. The average molecular weight is 1140 g/mol. The molecule has 0 bridgehead atoms. The molecule has 0 saturated carbocycles. The molecule has 0 saturated heterocycles. The van der Waals surface area contributed by atoms with Crippen LogP contribution in [-0.2, 0) is 14.3 Å². The van der Waals surface area contributed by atoms with Gasteiger partial charge in [0.25, 0.3) is 0 Å². The first-order valence-corrected chi connectivity index (χ1v) is 36.8. The fraction of sp³-hybridized carbons (Fsp3) is 0.893. The normalized spacial score (nSPS) is 12.7. The quantitative estimate of drug-likeness (QED) is 0.0320. The zero-order valence-electron chi connectivity index (χ0n) is 54.8. The van der Waals surface area contributed by atoms with Crippen molar-refractivity contribution in [2.24, 2.45) is 0 Å². The molecule has 2 unspecified atom stereocenters. The van der Waals surface area contributed by atoms with Crippen LogP contribution in [0.2, 0.25) is 0 Å². The zero-order chi connectivity index (χ0) is 58.5. The highest BCUT2D eigenvalue weighted by Gasteiger charge is 2.18. The van der Waals surface area contributed by atoms with Gasteiger partial charge in [0.15, 0.2) is 0 Å². The molecule has 0 radical (unpaired) electrons. The minimum Gasteiger partial charge on any atom is -0.466 e. The number of aliphatic hydroxyl groups is 2. The zero-order valence-corrected chi connectivity index (χ0v) is 54.8. The summed E-state index contributed by atoms with van der Waals surface area (Å²) in [4.78, 5) is 24.5. The minimum atomic E-state index is -0.843. The molecule has 0 spiro atoms. The number of rotatable bonds is 69. The Morgan fingerprint density at radius 3 is 0.938 bits per heavy atom. The van der Waals surface area contributed by atoms with Crippen LogP contribution in [0.25, 0.3) is 0 Å². The number of carbonyl (C=O) groups is 2. The van der Waals surface area contributed by atoms with Crippen molar-refractivity contribution in [3.63, 3.8) is 0 Å². The maximum Gasteiger partial charge on any atom is 0.305 e. The second kappa shape index (κ2) is 70.6. The molecule has 0 aromatic heterocycles. The van der Waals surface area contributed by atoms with Gasteiger partial charge in [-0.25, -0.2) is 0 Å². The van der Waals surface area contributed by atoms with Crippen molar-refractivity contribution in [3.05, 3.63) is 36.5 Å². The van der Waals surface area contributed by atoms with E-state index in [1.165, 1.54) is 334 Å². The van der Waals surface area contributed by atoms with E-state index in [0.717, 1.165) is 44.9 Å². The van der Waals surface area contributed by atoms with Gasteiger partial charge in [0.1, 0.15) is 0 Å². The Kier molecular flexibility index (Phi) is 68.9. The summed E-state index contributed by atoms with van der Waals surface area (Å²) in [7, 11) is 0. The topological polar surface area (TPSA) is 95.9 Å². The van der Waals surface area contributed by atoms with Crippen LogP contribution in [0.4, 0.5) is 0 Å². The number of ether oxygens (including phenoxy) is 1. The van der Waals surface area contributed by atoms with E-state index < -0.39 is 12.1 Å². The van der Waals surface area contributed by atoms with Gasteiger partial charge in [0, 0.05) is 12.8 Å². The third kappa shape index (κ3) is 67.1. The number of esters is 1. The summed E-state index contributed by atoms with van der Waals surface area (Å²) in [5.74, 6) is -0.0449. The Morgan fingerprint density at radius 1 is 0.346 bits per heavy atom. The third-order valence-corrected chi connectivity index (χ3v) is 17.2. The van der Waals surface area contributed by atoms with Crippen molar-refractivity contribution in [3.8, 4) is 0 Å². The van der Waals surface area contributed by atoms with Gasteiger partial charge in [0.05, 0.1) is 25.4 Å². The molecule has 0 aromatic carbocycles. The second-order valence-electron chi connectivity index (χ2n) is 25.3. The van der Waals surface area contributed by atoms with Gasteiger partial charge in [-0.1, -0.05) is 365 Å². The predicted molar refractivity (Wildman–Crippen MR) is 356 cm³/mol. The first kappa shape index (κ1) is 79.1. The highest BCUT2D eigenvalue weighted by molar-refractivity contribution is 5.76. The Hall–Kier alpha value is -1.92. The van der Waals surface area contributed by atoms with E-state index in [1.807, 2.05) is 6.08 Å². The molecule has 0 aromatic rings. The molecule has 6 nitrogen and oxygen atoms in total. The lowest BCUT2D eigenvalue weighted by Crippen LogP contribution is -2.45. The van der Waals surface area contributed by atoms with Gasteiger partial charge in [-0.2, -0.15) is 0 Å². The molecule has 81 heavy (non-hydrogen) atoms. The highest BCUT2D eigenvalue weighted by atomic mass is 16.5. The number of unbranched alkanes of at least 4 members (excludes halogenated alkanes) is 54. The monoisotopic (exact) mass is 1140 g/mol. The largest absolute Gasteiger partial charge is 0.466 e. The summed E-state index contributed by atoms with van der Waals surface area (Å²) < 4.78 is 5.48. The second-order valence-corrected chi connectivity index (χ2v) is 25.3. The van der Waals surface area contributed by atoms with Crippen molar-refractivity contribution < 1.29 is 24.5 Å². The molecule has 478 valence electrons. The molecule has 1 amide bonds. The first-order chi connectivity index (χ1) is 40.0.